The van der Waals surface area contributed by atoms with Crippen LogP contribution in [0.3, 0.4) is 0 Å². The Morgan fingerprint density at radius 2 is 2.33 bits per heavy atom. The molecule has 2 N–H and O–H groups in total. The maximum Gasteiger partial charge on any atom is 0.233 e. The molecule has 0 radical (unpaired) electrons. The minimum absolute atomic E-state index is 0.103. The van der Waals surface area contributed by atoms with Gasteiger partial charge in [-0.05, 0) is 13.3 Å². The highest BCUT2D eigenvalue weighted by Crippen LogP contribution is 2.26. The molecule has 0 saturated carbocycles. The lowest BCUT2D eigenvalue weighted by Gasteiger charge is -2.01. The van der Waals surface area contributed by atoms with Crippen molar-refractivity contribution in [1.29, 1.82) is 0 Å². The maximum atomic E-state index is 5.81. The maximum absolute atomic E-state index is 5.81. The highest BCUT2D eigenvalue weighted by Gasteiger charge is 2.23. The van der Waals surface area contributed by atoms with E-state index in [0.29, 0.717) is 18.1 Å². The molecular weight excluding hydrogens is 248 g/mol. The third-order valence-corrected chi connectivity index (χ3v) is 3.75. The van der Waals surface area contributed by atoms with Crippen molar-refractivity contribution >= 4 is 11.3 Å². The molecule has 0 aromatic carbocycles. The molecule has 0 fully saturated rings. The summed E-state index contributed by atoms with van der Waals surface area (Å²) < 4.78 is 5.28. The van der Waals surface area contributed by atoms with E-state index in [4.69, 9.17) is 10.3 Å². The van der Waals surface area contributed by atoms with Crippen molar-refractivity contribution in [2.45, 2.75) is 31.7 Å². The predicted octanol–water partition coefficient (Wildman–Crippen LogP) is 1.80. The quantitative estimate of drug-likeness (QED) is 0.853. The lowest BCUT2D eigenvalue weighted by Crippen LogP contribution is -2.14. The number of rotatable bonds is 3. The predicted molar refractivity (Wildman–Crippen MR) is 68.4 cm³/mol. The second-order valence-corrected chi connectivity index (χ2v) is 5.54. The van der Waals surface area contributed by atoms with Gasteiger partial charge in [-0.3, -0.25) is 0 Å². The van der Waals surface area contributed by atoms with Crippen molar-refractivity contribution in [3.05, 3.63) is 39.9 Å². The summed E-state index contributed by atoms with van der Waals surface area (Å²) in [4.78, 5) is 8.80. The summed E-state index contributed by atoms with van der Waals surface area (Å²) in [7, 11) is 0. The molecule has 18 heavy (non-hydrogen) atoms. The van der Waals surface area contributed by atoms with Gasteiger partial charge in [0.1, 0.15) is 0 Å². The van der Waals surface area contributed by atoms with Crippen molar-refractivity contribution in [3.8, 4) is 0 Å². The SMILES string of the molecule is Cc1nc(Cc2noc(C3C=CC(N)C3)n2)cs1. The Hall–Kier alpha value is -1.53. The normalized spacial score (nSPS) is 22.8. The molecule has 0 saturated heterocycles. The van der Waals surface area contributed by atoms with Crippen molar-refractivity contribution in [1.82, 2.24) is 15.1 Å². The number of hydrogen-bond acceptors (Lipinski definition) is 6. The number of thiazole rings is 1. The van der Waals surface area contributed by atoms with Crippen molar-refractivity contribution in [2.75, 3.05) is 0 Å². The van der Waals surface area contributed by atoms with E-state index in [0.717, 1.165) is 17.1 Å². The monoisotopic (exact) mass is 262 g/mol. The second kappa shape index (κ2) is 4.62. The third-order valence-electron chi connectivity index (χ3n) is 2.92. The molecule has 6 heteroatoms. The van der Waals surface area contributed by atoms with Gasteiger partial charge in [-0.25, -0.2) is 4.98 Å². The molecule has 0 aliphatic heterocycles. The molecule has 2 atom stereocenters. The van der Waals surface area contributed by atoms with Crippen LogP contribution >= 0.6 is 11.3 Å². The molecule has 94 valence electrons. The summed E-state index contributed by atoms with van der Waals surface area (Å²) in [6.07, 6.45) is 5.49. The highest BCUT2D eigenvalue weighted by molar-refractivity contribution is 7.09. The summed E-state index contributed by atoms with van der Waals surface area (Å²) in [5, 5.41) is 7.07. The van der Waals surface area contributed by atoms with Gasteiger partial charge in [-0.1, -0.05) is 17.3 Å². The molecule has 1 aliphatic carbocycles. The zero-order valence-electron chi connectivity index (χ0n) is 10.0. The van der Waals surface area contributed by atoms with E-state index in [2.05, 4.69) is 15.1 Å². The number of hydrogen-bond donors (Lipinski definition) is 1. The fourth-order valence-electron chi connectivity index (χ4n) is 2.05. The lowest BCUT2D eigenvalue weighted by atomic mass is 10.1. The Morgan fingerprint density at radius 1 is 1.44 bits per heavy atom. The van der Waals surface area contributed by atoms with E-state index < -0.39 is 0 Å². The van der Waals surface area contributed by atoms with Crippen LogP contribution in [0, 0.1) is 6.92 Å². The van der Waals surface area contributed by atoms with Crippen molar-refractivity contribution < 1.29 is 4.52 Å². The first-order valence-electron chi connectivity index (χ1n) is 5.88. The number of aryl methyl sites for hydroxylation is 1. The van der Waals surface area contributed by atoms with Gasteiger partial charge in [0, 0.05) is 11.4 Å². The van der Waals surface area contributed by atoms with Gasteiger partial charge < -0.3 is 10.3 Å². The Kier molecular flexibility index (Phi) is 2.97. The van der Waals surface area contributed by atoms with E-state index in [1.54, 1.807) is 11.3 Å². The van der Waals surface area contributed by atoms with Gasteiger partial charge in [0.25, 0.3) is 0 Å². The van der Waals surface area contributed by atoms with Crippen molar-refractivity contribution in [2.24, 2.45) is 5.73 Å². The first-order valence-corrected chi connectivity index (χ1v) is 6.76. The van der Waals surface area contributed by atoms with E-state index >= 15 is 0 Å². The standard InChI is InChI=1S/C12H14N4OS/c1-7-14-10(6-18-7)5-11-15-12(17-16-11)8-2-3-9(13)4-8/h2-3,6,8-9H,4-5,13H2,1H3. The number of nitrogens with zero attached hydrogens (tertiary/aromatic N) is 3. The molecular formula is C12H14N4OS. The fraction of sp³-hybridized carbons (Fsp3) is 0.417. The number of allylic oxidation sites excluding steroid dienone is 1. The molecule has 1 aliphatic rings. The average molecular weight is 262 g/mol. The summed E-state index contributed by atoms with van der Waals surface area (Å²) in [5.74, 6) is 1.50. The Bertz CT molecular complexity index is 574. The molecule has 2 unspecified atom stereocenters. The first kappa shape index (κ1) is 11.6. The van der Waals surface area contributed by atoms with E-state index in [-0.39, 0.29) is 12.0 Å². The molecule has 2 heterocycles. The smallest absolute Gasteiger partial charge is 0.233 e. The fourth-order valence-corrected chi connectivity index (χ4v) is 2.66. The third kappa shape index (κ3) is 2.34. The van der Waals surface area contributed by atoms with Crippen molar-refractivity contribution in [3.63, 3.8) is 0 Å². The zero-order valence-corrected chi connectivity index (χ0v) is 10.9. The van der Waals surface area contributed by atoms with Gasteiger partial charge in [0.15, 0.2) is 5.82 Å². The molecule has 3 rings (SSSR count). The molecule has 5 nitrogen and oxygen atoms in total. The Labute approximate surface area is 109 Å². The van der Waals surface area contributed by atoms with E-state index in [1.165, 1.54) is 0 Å². The van der Waals surface area contributed by atoms with Crippen LogP contribution in [0.5, 0.6) is 0 Å². The van der Waals surface area contributed by atoms with Gasteiger partial charge in [0.05, 0.1) is 23.0 Å². The van der Waals surface area contributed by atoms with Crippen LogP contribution in [0.25, 0.3) is 0 Å². The van der Waals surface area contributed by atoms with Crippen LogP contribution in [0.1, 0.15) is 34.8 Å². The van der Waals surface area contributed by atoms with Gasteiger partial charge in [-0.15, -0.1) is 11.3 Å². The number of nitrogens with two attached hydrogens (primary N) is 1. The van der Waals surface area contributed by atoms with E-state index in [9.17, 15) is 0 Å². The molecule has 2 aromatic rings. The van der Waals surface area contributed by atoms with Crippen LogP contribution in [0.2, 0.25) is 0 Å². The molecule has 0 spiro atoms. The minimum atomic E-state index is 0.103. The van der Waals surface area contributed by atoms with Crippen LogP contribution in [-0.2, 0) is 6.42 Å². The van der Waals surface area contributed by atoms with Gasteiger partial charge in [0.2, 0.25) is 5.89 Å². The minimum Gasteiger partial charge on any atom is -0.339 e. The molecule has 2 aromatic heterocycles. The summed E-state index contributed by atoms with van der Waals surface area (Å²) in [6, 6.07) is 0.103. The summed E-state index contributed by atoms with van der Waals surface area (Å²) >= 11 is 1.63. The van der Waals surface area contributed by atoms with Gasteiger partial charge in [-0.2, -0.15) is 4.98 Å². The van der Waals surface area contributed by atoms with Gasteiger partial charge >= 0.3 is 0 Å². The van der Waals surface area contributed by atoms with Crippen LogP contribution in [-0.4, -0.2) is 21.2 Å². The highest BCUT2D eigenvalue weighted by atomic mass is 32.1. The topological polar surface area (TPSA) is 77.8 Å². The summed E-state index contributed by atoms with van der Waals surface area (Å²) in [6.45, 7) is 1.99. The number of aromatic nitrogens is 3. The molecule has 0 bridgehead atoms. The van der Waals surface area contributed by atoms with E-state index in [1.807, 2.05) is 24.5 Å². The zero-order chi connectivity index (χ0) is 12.5. The first-order chi connectivity index (χ1) is 8.70. The Balaban J connectivity index is 1.72. The lowest BCUT2D eigenvalue weighted by molar-refractivity contribution is 0.360. The molecule has 0 amide bonds. The Morgan fingerprint density at radius 3 is 3.00 bits per heavy atom. The largest absolute Gasteiger partial charge is 0.339 e. The second-order valence-electron chi connectivity index (χ2n) is 4.47. The van der Waals surface area contributed by atoms with Crippen LogP contribution in [0.15, 0.2) is 22.1 Å². The van der Waals surface area contributed by atoms with Crippen LogP contribution < -0.4 is 5.73 Å². The summed E-state index contributed by atoms with van der Waals surface area (Å²) in [5.41, 5.74) is 6.80. The average Bonchev–Trinajstić information content (AvgIpc) is 3.01. The van der Waals surface area contributed by atoms with Crippen LogP contribution in [0.4, 0.5) is 0 Å².